The number of carboxylic acid groups (broad SMARTS) is 2. The number of carboxylic acids is 2. The Balaban J connectivity index is 1.51. The third kappa shape index (κ3) is 11.1. The van der Waals surface area contributed by atoms with Gasteiger partial charge in [0.05, 0.1) is 26.9 Å². The zero-order valence-corrected chi connectivity index (χ0v) is 24.6. The number of hydrogen-bond acceptors (Lipinski definition) is 6. The van der Waals surface area contributed by atoms with Crippen LogP contribution in [0, 0.1) is 0 Å². The van der Waals surface area contributed by atoms with Crippen molar-refractivity contribution in [2.45, 2.75) is 64.4 Å². The standard InChI is InChI=1S/C34H42O8/c1-39-24-25-20-28(27-12-7-13-29(22-27)40-2)23-30(21-25)41-18-6-4-3-5-10-26-11-8-14-32(31(26)16-17-34(37)38)42-19-9-15-33(35)36/h7-8,11-14,20-23H,3-6,9-10,15-19,24H2,1-2H3,(H,35,36)(H,37,38). The molecule has 0 atom stereocenters. The van der Waals surface area contributed by atoms with Gasteiger partial charge in [0.1, 0.15) is 17.2 Å². The van der Waals surface area contributed by atoms with Crippen LogP contribution in [0.5, 0.6) is 17.2 Å². The van der Waals surface area contributed by atoms with E-state index < -0.39 is 11.9 Å². The first-order valence-corrected chi connectivity index (χ1v) is 14.5. The SMILES string of the molecule is COCc1cc(OCCCCCCc2cccc(OCCCC(=O)O)c2CCC(=O)O)cc(-c2cccc(OC)c2)c1. The number of aliphatic carboxylic acids is 2. The highest BCUT2D eigenvalue weighted by Gasteiger charge is 2.12. The monoisotopic (exact) mass is 578 g/mol. The first-order chi connectivity index (χ1) is 20.4. The molecule has 0 aliphatic carbocycles. The summed E-state index contributed by atoms with van der Waals surface area (Å²) in [6.07, 6.45) is 5.58. The Morgan fingerprint density at radius 2 is 1.43 bits per heavy atom. The van der Waals surface area contributed by atoms with Crippen LogP contribution in [-0.4, -0.2) is 49.6 Å². The number of ether oxygens (including phenoxy) is 4. The van der Waals surface area contributed by atoms with E-state index in [-0.39, 0.29) is 19.4 Å². The van der Waals surface area contributed by atoms with Crippen LogP contribution in [0.25, 0.3) is 11.1 Å². The summed E-state index contributed by atoms with van der Waals surface area (Å²) in [6.45, 7) is 1.39. The van der Waals surface area contributed by atoms with E-state index in [1.807, 2.05) is 54.6 Å². The molecule has 0 spiro atoms. The van der Waals surface area contributed by atoms with E-state index in [1.54, 1.807) is 14.2 Å². The van der Waals surface area contributed by atoms with E-state index in [0.717, 1.165) is 71.4 Å². The van der Waals surface area contributed by atoms with Gasteiger partial charge in [0, 0.05) is 20.0 Å². The molecule has 3 aromatic rings. The number of hydrogen-bond donors (Lipinski definition) is 2. The molecule has 0 heterocycles. The first-order valence-electron chi connectivity index (χ1n) is 14.5. The van der Waals surface area contributed by atoms with E-state index in [4.69, 9.17) is 24.1 Å². The van der Waals surface area contributed by atoms with Crippen LogP contribution < -0.4 is 14.2 Å². The predicted molar refractivity (Wildman–Crippen MR) is 162 cm³/mol. The number of carbonyl (C=O) groups is 2. The molecule has 0 aliphatic heterocycles. The summed E-state index contributed by atoms with van der Waals surface area (Å²) in [5.41, 5.74) is 5.13. The molecule has 0 radical (unpaired) electrons. The maximum atomic E-state index is 11.2. The molecule has 0 unspecified atom stereocenters. The number of rotatable bonds is 20. The number of methoxy groups -OCH3 is 2. The van der Waals surface area contributed by atoms with Crippen molar-refractivity contribution < 1.29 is 38.7 Å². The summed E-state index contributed by atoms with van der Waals surface area (Å²) in [7, 11) is 3.34. The van der Waals surface area contributed by atoms with E-state index in [2.05, 4.69) is 6.07 Å². The average Bonchev–Trinajstić information content (AvgIpc) is 2.98. The van der Waals surface area contributed by atoms with Gasteiger partial charge in [-0.1, -0.05) is 37.1 Å². The number of benzene rings is 3. The van der Waals surface area contributed by atoms with Crippen molar-refractivity contribution in [2.75, 3.05) is 27.4 Å². The minimum absolute atomic E-state index is 0.0188. The van der Waals surface area contributed by atoms with Crippen LogP contribution in [0.3, 0.4) is 0 Å². The largest absolute Gasteiger partial charge is 0.497 e. The van der Waals surface area contributed by atoms with E-state index in [9.17, 15) is 14.7 Å². The lowest BCUT2D eigenvalue weighted by atomic mass is 9.97. The van der Waals surface area contributed by atoms with Crippen LogP contribution >= 0.6 is 0 Å². The normalized spacial score (nSPS) is 10.8. The summed E-state index contributed by atoms with van der Waals surface area (Å²) < 4.78 is 22.7. The predicted octanol–water partition coefficient (Wildman–Crippen LogP) is 6.95. The molecule has 0 saturated heterocycles. The first kappa shape index (κ1) is 32.5. The topological polar surface area (TPSA) is 112 Å². The van der Waals surface area contributed by atoms with Gasteiger partial charge < -0.3 is 29.2 Å². The van der Waals surface area contributed by atoms with Crippen LogP contribution in [0.1, 0.15) is 61.6 Å². The summed E-state index contributed by atoms with van der Waals surface area (Å²) in [6, 6.07) is 19.9. The van der Waals surface area contributed by atoms with Gasteiger partial charge in [0.15, 0.2) is 0 Å². The highest BCUT2D eigenvalue weighted by Crippen LogP contribution is 2.30. The highest BCUT2D eigenvalue weighted by molar-refractivity contribution is 5.68. The Hall–Kier alpha value is -4.04. The average molecular weight is 579 g/mol. The van der Waals surface area contributed by atoms with Crippen molar-refractivity contribution >= 4 is 11.9 Å². The van der Waals surface area contributed by atoms with Gasteiger partial charge in [0.2, 0.25) is 0 Å². The molecule has 0 amide bonds. The molecule has 0 saturated carbocycles. The van der Waals surface area contributed by atoms with Crippen molar-refractivity contribution in [3.05, 3.63) is 77.4 Å². The lowest BCUT2D eigenvalue weighted by Crippen LogP contribution is -2.07. The molecule has 3 rings (SSSR count). The zero-order chi connectivity index (χ0) is 30.2. The van der Waals surface area contributed by atoms with Crippen molar-refractivity contribution in [3.8, 4) is 28.4 Å². The Morgan fingerprint density at radius 3 is 2.19 bits per heavy atom. The summed E-state index contributed by atoms with van der Waals surface area (Å²) in [5, 5.41) is 18.1. The fraction of sp³-hybridized carbons (Fsp3) is 0.412. The molecule has 8 nitrogen and oxygen atoms in total. The molecular formula is C34H42O8. The van der Waals surface area contributed by atoms with Crippen molar-refractivity contribution in [3.63, 3.8) is 0 Å². The van der Waals surface area contributed by atoms with Crippen LogP contribution in [0.2, 0.25) is 0 Å². The van der Waals surface area contributed by atoms with Gasteiger partial charge in [-0.25, -0.2) is 0 Å². The molecule has 226 valence electrons. The Morgan fingerprint density at radius 1 is 0.690 bits per heavy atom. The summed E-state index contributed by atoms with van der Waals surface area (Å²) in [5.74, 6) is 0.546. The van der Waals surface area contributed by atoms with Crippen LogP contribution in [-0.2, 0) is 33.8 Å². The quantitative estimate of drug-likeness (QED) is 0.139. The zero-order valence-electron chi connectivity index (χ0n) is 24.6. The molecule has 2 N–H and O–H groups in total. The van der Waals surface area contributed by atoms with E-state index in [1.165, 1.54) is 0 Å². The van der Waals surface area contributed by atoms with Gasteiger partial charge in [0.25, 0.3) is 0 Å². The van der Waals surface area contributed by atoms with Crippen molar-refractivity contribution in [1.82, 2.24) is 0 Å². The highest BCUT2D eigenvalue weighted by atomic mass is 16.5. The maximum Gasteiger partial charge on any atom is 0.303 e. The minimum atomic E-state index is -0.860. The number of aryl methyl sites for hydroxylation is 1. The van der Waals surface area contributed by atoms with E-state index >= 15 is 0 Å². The molecular weight excluding hydrogens is 536 g/mol. The summed E-state index contributed by atoms with van der Waals surface area (Å²) in [4.78, 5) is 22.0. The van der Waals surface area contributed by atoms with Gasteiger partial charge in [-0.3, -0.25) is 9.59 Å². The molecule has 8 heteroatoms. The minimum Gasteiger partial charge on any atom is -0.497 e. The van der Waals surface area contributed by atoms with Gasteiger partial charge >= 0.3 is 11.9 Å². The van der Waals surface area contributed by atoms with E-state index in [0.29, 0.717) is 31.8 Å². The van der Waals surface area contributed by atoms with Gasteiger partial charge in [-0.15, -0.1) is 0 Å². The summed E-state index contributed by atoms with van der Waals surface area (Å²) >= 11 is 0. The fourth-order valence-corrected chi connectivity index (χ4v) is 4.83. The molecule has 0 aromatic heterocycles. The molecule has 0 aliphatic rings. The Kier molecular flexibility index (Phi) is 13.7. The maximum absolute atomic E-state index is 11.2. The lowest BCUT2D eigenvalue weighted by molar-refractivity contribution is -0.138. The Bertz CT molecular complexity index is 1290. The molecule has 0 bridgehead atoms. The number of unbranched alkanes of at least 4 members (excludes halogenated alkanes) is 3. The third-order valence-electron chi connectivity index (χ3n) is 6.90. The molecule has 42 heavy (non-hydrogen) atoms. The molecule has 3 aromatic carbocycles. The van der Waals surface area contributed by atoms with Gasteiger partial charge in [-0.05, 0) is 96.3 Å². The second kappa shape index (κ2) is 17.7. The lowest BCUT2D eigenvalue weighted by Gasteiger charge is -2.15. The van der Waals surface area contributed by atoms with Crippen molar-refractivity contribution in [1.29, 1.82) is 0 Å². The Labute approximate surface area is 248 Å². The van der Waals surface area contributed by atoms with Crippen molar-refractivity contribution in [2.24, 2.45) is 0 Å². The van der Waals surface area contributed by atoms with Crippen LogP contribution in [0.15, 0.2) is 60.7 Å². The fourth-order valence-electron chi connectivity index (χ4n) is 4.83. The second-order valence-corrected chi connectivity index (χ2v) is 10.2. The third-order valence-corrected chi connectivity index (χ3v) is 6.90. The van der Waals surface area contributed by atoms with Crippen LogP contribution in [0.4, 0.5) is 0 Å². The second-order valence-electron chi connectivity index (χ2n) is 10.2. The van der Waals surface area contributed by atoms with Gasteiger partial charge in [-0.2, -0.15) is 0 Å². The smallest absolute Gasteiger partial charge is 0.303 e. The molecule has 0 fully saturated rings.